The molecule has 0 bridgehead atoms. The van der Waals surface area contributed by atoms with Gasteiger partial charge in [-0.25, -0.2) is 4.79 Å². The molecule has 0 atom stereocenters. The van der Waals surface area contributed by atoms with E-state index in [4.69, 9.17) is 16.7 Å². The van der Waals surface area contributed by atoms with Crippen molar-refractivity contribution in [2.75, 3.05) is 5.32 Å². The number of rotatable bonds is 3. The Morgan fingerprint density at radius 1 is 1.19 bits per heavy atom. The van der Waals surface area contributed by atoms with E-state index in [2.05, 4.69) is 43.8 Å². The van der Waals surface area contributed by atoms with Crippen LogP contribution in [0.1, 0.15) is 20.7 Å². The van der Waals surface area contributed by atoms with Crippen LogP contribution in [0.2, 0.25) is 5.02 Å². The molecule has 21 heavy (non-hydrogen) atoms. The van der Waals surface area contributed by atoms with Crippen molar-refractivity contribution in [1.82, 2.24) is 0 Å². The number of anilines is 1. The second kappa shape index (κ2) is 6.76. The van der Waals surface area contributed by atoms with Gasteiger partial charge in [-0.3, -0.25) is 4.79 Å². The Labute approximate surface area is 147 Å². The second-order valence-electron chi connectivity index (χ2n) is 4.05. The first-order valence-electron chi connectivity index (χ1n) is 5.68. The van der Waals surface area contributed by atoms with Gasteiger partial charge in [0.1, 0.15) is 0 Å². The summed E-state index contributed by atoms with van der Waals surface area (Å²) in [6, 6.07) is 9.71. The SMILES string of the molecule is O=C(Nc1c(Cl)cccc1C(=O)O)c1cc(I)ccc1Br. The van der Waals surface area contributed by atoms with E-state index in [1.165, 1.54) is 18.2 Å². The first kappa shape index (κ1) is 16.3. The molecule has 2 aromatic rings. The van der Waals surface area contributed by atoms with Crippen molar-refractivity contribution < 1.29 is 14.7 Å². The van der Waals surface area contributed by atoms with E-state index in [1.807, 2.05) is 6.07 Å². The minimum absolute atomic E-state index is 0.0578. The number of hydrogen-bond acceptors (Lipinski definition) is 2. The number of carboxylic acids is 1. The van der Waals surface area contributed by atoms with Crippen LogP contribution in [-0.4, -0.2) is 17.0 Å². The van der Waals surface area contributed by atoms with Crippen LogP contribution in [0.5, 0.6) is 0 Å². The van der Waals surface area contributed by atoms with Crippen LogP contribution in [-0.2, 0) is 0 Å². The number of benzene rings is 2. The molecule has 2 rings (SSSR count). The molecule has 7 heteroatoms. The number of carbonyl (C=O) groups is 2. The highest BCUT2D eigenvalue weighted by atomic mass is 127. The summed E-state index contributed by atoms with van der Waals surface area (Å²) >= 11 is 11.4. The monoisotopic (exact) mass is 479 g/mol. The second-order valence-corrected chi connectivity index (χ2v) is 6.55. The number of amides is 1. The molecule has 0 saturated carbocycles. The molecule has 0 aliphatic carbocycles. The van der Waals surface area contributed by atoms with Gasteiger partial charge in [0.05, 0.1) is 21.8 Å². The number of halogens is 3. The number of carboxylic acid groups (broad SMARTS) is 1. The lowest BCUT2D eigenvalue weighted by Gasteiger charge is -2.11. The Balaban J connectivity index is 2.41. The number of carbonyl (C=O) groups excluding carboxylic acids is 1. The van der Waals surface area contributed by atoms with Crippen molar-refractivity contribution >= 4 is 67.7 Å². The van der Waals surface area contributed by atoms with Crippen LogP contribution in [0.15, 0.2) is 40.9 Å². The topological polar surface area (TPSA) is 66.4 Å². The van der Waals surface area contributed by atoms with Crippen molar-refractivity contribution in [2.24, 2.45) is 0 Å². The molecule has 0 aliphatic heterocycles. The summed E-state index contributed by atoms with van der Waals surface area (Å²) in [6.07, 6.45) is 0. The molecule has 108 valence electrons. The Kier molecular flexibility index (Phi) is 5.23. The third-order valence-electron chi connectivity index (χ3n) is 2.66. The van der Waals surface area contributed by atoms with Gasteiger partial charge in [0, 0.05) is 8.04 Å². The van der Waals surface area contributed by atoms with Crippen molar-refractivity contribution in [3.63, 3.8) is 0 Å². The molecule has 2 N–H and O–H groups in total. The van der Waals surface area contributed by atoms with Gasteiger partial charge in [-0.1, -0.05) is 17.7 Å². The zero-order chi connectivity index (χ0) is 15.6. The number of para-hydroxylation sites is 1. The highest BCUT2D eigenvalue weighted by Gasteiger charge is 2.18. The lowest BCUT2D eigenvalue weighted by atomic mass is 10.1. The summed E-state index contributed by atoms with van der Waals surface area (Å²) in [4.78, 5) is 23.5. The molecule has 0 radical (unpaired) electrons. The molecule has 0 fully saturated rings. The Morgan fingerprint density at radius 2 is 1.90 bits per heavy atom. The lowest BCUT2D eigenvalue weighted by molar-refractivity contribution is 0.0698. The average molecular weight is 480 g/mol. The van der Waals surface area contributed by atoms with Gasteiger partial charge in [-0.05, 0) is 68.9 Å². The van der Waals surface area contributed by atoms with E-state index in [9.17, 15) is 9.59 Å². The predicted octanol–water partition coefficient (Wildman–Crippen LogP) is 4.66. The normalized spacial score (nSPS) is 10.2. The van der Waals surface area contributed by atoms with E-state index < -0.39 is 11.9 Å². The van der Waals surface area contributed by atoms with E-state index in [0.29, 0.717) is 10.0 Å². The third kappa shape index (κ3) is 3.75. The fourth-order valence-corrected chi connectivity index (χ4v) is 2.82. The van der Waals surface area contributed by atoms with Gasteiger partial charge in [0.2, 0.25) is 0 Å². The zero-order valence-electron chi connectivity index (χ0n) is 10.4. The first-order chi connectivity index (χ1) is 9.90. The molecule has 4 nitrogen and oxygen atoms in total. The van der Waals surface area contributed by atoms with Gasteiger partial charge < -0.3 is 10.4 Å². The Hall–Kier alpha value is -1.12. The van der Waals surface area contributed by atoms with Crippen LogP contribution in [0.3, 0.4) is 0 Å². The molecular weight excluding hydrogens is 472 g/mol. The smallest absolute Gasteiger partial charge is 0.337 e. The van der Waals surface area contributed by atoms with E-state index >= 15 is 0 Å². The maximum atomic E-state index is 12.3. The van der Waals surface area contributed by atoms with Crippen LogP contribution in [0.4, 0.5) is 5.69 Å². The van der Waals surface area contributed by atoms with Gasteiger partial charge in [-0.2, -0.15) is 0 Å². The van der Waals surface area contributed by atoms with Crippen molar-refractivity contribution in [2.45, 2.75) is 0 Å². The van der Waals surface area contributed by atoms with E-state index in [-0.39, 0.29) is 16.3 Å². The molecule has 0 unspecified atom stereocenters. The van der Waals surface area contributed by atoms with Gasteiger partial charge >= 0.3 is 5.97 Å². The average Bonchev–Trinajstić information content (AvgIpc) is 2.43. The van der Waals surface area contributed by atoms with E-state index in [1.54, 1.807) is 12.1 Å². The highest BCUT2D eigenvalue weighted by molar-refractivity contribution is 14.1. The maximum Gasteiger partial charge on any atom is 0.337 e. The van der Waals surface area contributed by atoms with Crippen LogP contribution >= 0.6 is 50.1 Å². The van der Waals surface area contributed by atoms with Gasteiger partial charge in [0.15, 0.2) is 0 Å². The van der Waals surface area contributed by atoms with Crippen molar-refractivity contribution in [3.05, 3.63) is 60.6 Å². The molecular formula is C14H8BrClINO3. The van der Waals surface area contributed by atoms with Crippen molar-refractivity contribution in [3.8, 4) is 0 Å². The largest absolute Gasteiger partial charge is 0.478 e. The fraction of sp³-hybridized carbons (Fsp3) is 0. The van der Waals surface area contributed by atoms with Gasteiger partial charge in [0.25, 0.3) is 5.91 Å². The highest BCUT2D eigenvalue weighted by Crippen LogP contribution is 2.28. The predicted molar refractivity (Wildman–Crippen MR) is 93.2 cm³/mol. The molecule has 0 aliphatic rings. The molecule has 0 saturated heterocycles. The number of hydrogen-bond donors (Lipinski definition) is 2. The zero-order valence-corrected chi connectivity index (χ0v) is 14.9. The van der Waals surface area contributed by atoms with Crippen LogP contribution < -0.4 is 5.32 Å². The summed E-state index contributed by atoms with van der Waals surface area (Å²) in [5.41, 5.74) is 0.429. The number of nitrogens with one attached hydrogen (secondary N) is 1. The minimum atomic E-state index is -1.16. The van der Waals surface area contributed by atoms with Crippen molar-refractivity contribution in [1.29, 1.82) is 0 Å². The summed E-state index contributed by atoms with van der Waals surface area (Å²) in [6.45, 7) is 0. The summed E-state index contributed by atoms with van der Waals surface area (Å²) < 4.78 is 1.50. The lowest BCUT2D eigenvalue weighted by Crippen LogP contribution is -2.16. The minimum Gasteiger partial charge on any atom is -0.478 e. The molecule has 0 heterocycles. The Morgan fingerprint density at radius 3 is 2.57 bits per heavy atom. The summed E-state index contributed by atoms with van der Waals surface area (Å²) in [5, 5.41) is 11.9. The van der Waals surface area contributed by atoms with Crippen LogP contribution in [0.25, 0.3) is 0 Å². The maximum absolute atomic E-state index is 12.3. The molecule has 0 spiro atoms. The first-order valence-corrected chi connectivity index (χ1v) is 7.93. The van der Waals surface area contributed by atoms with E-state index in [0.717, 1.165) is 3.57 Å². The van der Waals surface area contributed by atoms with Crippen LogP contribution in [0, 0.1) is 3.57 Å². The summed E-state index contributed by atoms with van der Waals surface area (Å²) in [7, 11) is 0. The fourth-order valence-electron chi connectivity index (χ4n) is 1.68. The molecule has 0 aromatic heterocycles. The molecule has 2 aromatic carbocycles. The molecule has 1 amide bonds. The Bertz CT molecular complexity index is 736. The quantitative estimate of drug-likeness (QED) is 0.629. The number of aromatic carboxylic acids is 1. The van der Waals surface area contributed by atoms with Gasteiger partial charge in [-0.15, -0.1) is 0 Å². The summed E-state index contributed by atoms with van der Waals surface area (Å²) in [5.74, 6) is -1.59. The third-order valence-corrected chi connectivity index (χ3v) is 4.33. The standard InChI is InChI=1S/C14H8BrClINO3/c15-10-5-4-7(17)6-9(10)13(19)18-12-8(14(20)21)2-1-3-11(12)16/h1-6H,(H,18,19)(H,20,21).